The van der Waals surface area contributed by atoms with E-state index in [0.717, 1.165) is 40.4 Å². The second kappa shape index (κ2) is 6.32. The molecule has 25 heavy (non-hydrogen) atoms. The number of nitrogens with two attached hydrogens (primary N) is 1. The fourth-order valence-corrected chi connectivity index (χ4v) is 3.02. The van der Waals surface area contributed by atoms with Gasteiger partial charge in [-0.1, -0.05) is 36.4 Å². The van der Waals surface area contributed by atoms with Gasteiger partial charge in [-0.2, -0.15) is 0 Å². The van der Waals surface area contributed by atoms with Crippen LogP contribution in [-0.4, -0.2) is 16.7 Å². The van der Waals surface area contributed by atoms with E-state index in [1.54, 1.807) is 7.11 Å². The minimum Gasteiger partial charge on any atom is -0.497 e. The minimum atomic E-state index is 0.730. The van der Waals surface area contributed by atoms with Gasteiger partial charge in [-0.25, -0.2) is 4.98 Å². The van der Waals surface area contributed by atoms with Gasteiger partial charge in [0, 0.05) is 17.8 Å². The van der Waals surface area contributed by atoms with Crippen molar-refractivity contribution in [3.05, 3.63) is 78.4 Å². The number of anilines is 1. The summed E-state index contributed by atoms with van der Waals surface area (Å²) < 4.78 is 7.60. The summed E-state index contributed by atoms with van der Waals surface area (Å²) in [5, 5.41) is 0. The van der Waals surface area contributed by atoms with Crippen LogP contribution < -0.4 is 10.5 Å². The zero-order chi connectivity index (χ0) is 17.2. The van der Waals surface area contributed by atoms with E-state index < -0.39 is 0 Å². The van der Waals surface area contributed by atoms with Crippen molar-refractivity contribution in [1.29, 1.82) is 0 Å². The molecule has 3 aromatic carbocycles. The van der Waals surface area contributed by atoms with E-state index in [2.05, 4.69) is 28.8 Å². The van der Waals surface area contributed by atoms with Gasteiger partial charge in [0.05, 0.1) is 18.1 Å². The van der Waals surface area contributed by atoms with Crippen LogP contribution in [0, 0.1) is 0 Å². The summed E-state index contributed by atoms with van der Waals surface area (Å²) in [6, 6.07) is 24.2. The van der Waals surface area contributed by atoms with Gasteiger partial charge in [0.25, 0.3) is 0 Å². The van der Waals surface area contributed by atoms with Crippen molar-refractivity contribution in [3.8, 4) is 17.1 Å². The standard InChI is InChI=1S/C21H19N3O/c1-25-18-6-4-5-16(13-18)21-23-19-7-2-3-8-20(19)24(21)14-15-9-11-17(22)12-10-15/h2-13H,14,22H2,1H3. The Morgan fingerprint density at radius 1 is 0.960 bits per heavy atom. The fraction of sp³-hybridized carbons (Fsp3) is 0.0952. The quantitative estimate of drug-likeness (QED) is 0.567. The first-order valence-electron chi connectivity index (χ1n) is 8.19. The number of hydrogen-bond acceptors (Lipinski definition) is 3. The molecule has 1 aromatic heterocycles. The molecule has 0 aliphatic heterocycles. The lowest BCUT2D eigenvalue weighted by atomic mass is 10.1. The van der Waals surface area contributed by atoms with Gasteiger partial charge in [0.1, 0.15) is 11.6 Å². The molecule has 0 fully saturated rings. The number of rotatable bonds is 4. The number of imidazole rings is 1. The number of aromatic nitrogens is 2. The Balaban J connectivity index is 1.87. The zero-order valence-corrected chi connectivity index (χ0v) is 14.0. The fourth-order valence-electron chi connectivity index (χ4n) is 3.02. The van der Waals surface area contributed by atoms with E-state index in [4.69, 9.17) is 15.5 Å². The highest BCUT2D eigenvalue weighted by atomic mass is 16.5. The lowest BCUT2D eigenvalue weighted by Gasteiger charge is -2.11. The van der Waals surface area contributed by atoms with Crippen molar-refractivity contribution >= 4 is 16.7 Å². The maximum Gasteiger partial charge on any atom is 0.141 e. The molecular weight excluding hydrogens is 310 g/mol. The van der Waals surface area contributed by atoms with Crippen LogP contribution in [0.3, 0.4) is 0 Å². The van der Waals surface area contributed by atoms with Gasteiger partial charge in [0.15, 0.2) is 0 Å². The number of ether oxygens (including phenoxy) is 1. The van der Waals surface area contributed by atoms with Crippen LogP contribution >= 0.6 is 0 Å². The average molecular weight is 329 g/mol. The smallest absolute Gasteiger partial charge is 0.141 e. The van der Waals surface area contributed by atoms with E-state index >= 15 is 0 Å². The summed E-state index contributed by atoms with van der Waals surface area (Å²) in [6.07, 6.45) is 0. The number of hydrogen-bond donors (Lipinski definition) is 1. The summed E-state index contributed by atoms with van der Waals surface area (Å²) in [6.45, 7) is 0.730. The number of para-hydroxylation sites is 2. The lowest BCUT2D eigenvalue weighted by molar-refractivity contribution is 0.415. The third-order valence-corrected chi connectivity index (χ3v) is 4.30. The first-order valence-corrected chi connectivity index (χ1v) is 8.19. The van der Waals surface area contributed by atoms with Crippen molar-refractivity contribution in [2.75, 3.05) is 12.8 Å². The second-order valence-electron chi connectivity index (χ2n) is 5.98. The lowest BCUT2D eigenvalue weighted by Crippen LogP contribution is -2.02. The largest absolute Gasteiger partial charge is 0.497 e. The minimum absolute atomic E-state index is 0.730. The maximum absolute atomic E-state index is 5.81. The molecule has 0 saturated carbocycles. The second-order valence-corrected chi connectivity index (χ2v) is 5.98. The van der Waals surface area contributed by atoms with Gasteiger partial charge < -0.3 is 15.0 Å². The van der Waals surface area contributed by atoms with Crippen LogP contribution in [-0.2, 0) is 6.54 Å². The molecule has 0 amide bonds. The number of nitrogens with zero attached hydrogens (tertiary/aromatic N) is 2. The Morgan fingerprint density at radius 2 is 1.76 bits per heavy atom. The molecule has 1 heterocycles. The van der Waals surface area contributed by atoms with Crippen LogP contribution in [0.4, 0.5) is 5.69 Å². The van der Waals surface area contributed by atoms with Gasteiger partial charge in [0.2, 0.25) is 0 Å². The van der Waals surface area contributed by atoms with E-state index in [9.17, 15) is 0 Å². The van der Waals surface area contributed by atoms with Crippen molar-refractivity contribution in [1.82, 2.24) is 9.55 Å². The molecule has 0 aliphatic carbocycles. The normalized spacial score (nSPS) is 10.9. The molecule has 4 aromatic rings. The highest BCUT2D eigenvalue weighted by Gasteiger charge is 2.13. The molecule has 0 bridgehead atoms. The van der Waals surface area contributed by atoms with E-state index in [-0.39, 0.29) is 0 Å². The Morgan fingerprint density at radius 3 is 2.56 bits per heavy atom. The number of benzene rings is 3. The molecule has 2 N–H and O–H groups in total. The summed E-state index contributed by atoms with van der Waals surface area (Å²) in [4.78, 5) is 4.85. The van der Waals surface area contributed by atoms with Gasteiger partial charge >= 0.3 is 0 Å². The molecule has 0 radical (unpaired) electrons. The van der Waals surface area contributed by atoms with Crippen molar-refractivity contribution < 1.29 is 4.74 Å². The molecule has 0 atom stereocenters. The zero-order valence-electron chi connectivity index (χ0n) is 14.0. The van der Waals surface area contributed by atoms with Crippen LogP contribution in [0.2, 0.25) is 0 Å². The summed E-state index contributed by atoms with van der Waals surface area (Å²) in [5.41, 5.74) is 10.9. The molecule has 0 aliphatic rings. The van der Waals surface area contributed by atoms with Crippen molar-refractivity contribution in [2.45, 2.75) is 6.54 Å². The molecular formula is C21H19N3O. The van der Waals surface area contributed by atoms with Gasteiger partial charge in [-0.3, -0.25) is 0 Å². The molecule has 4 nitrogen and oxygen atoms in total. The summed E-state index contributed by atoms with van der Waals surface area (Å²) in [7, 11) is 1.68. The third-order valence-electron chi connectivity index (χ3n) is 4.30. The van der Waals surface area contributed by atoms with Crippen LogP contribution in [0.5, 0.6) is 5.75 Å². The molecule has 4 rings (SSSR count). The Labute approximate surface area is 146 Å². The summed E-state index contributed by atoms with van der Waals surface area (Å²) >= 11 is 0. The Bertz CT molecular complexity index is 1020. The Kier molecular flexibility index (Phi) is 3.86. The van der Waals surface area contributed by atoms with Crippen LogP contribution in [0.25, 0.3) is 22.4 Å². The Hall–Kier alpha value is -3.27. The van der Waals surface area contributed by atoms with E-state index in [1.165, 1.54) is 5.56 Å². The summed E-state index contributed by atoms with van der Waals surface area (Å²) in [5.74, 6) is 1.75. The average Bonchev–Trinajstić information content (AvgIpc) is 3.02. The SMILES string of the molecule is COc1cccc(-c2nc3ccccc3n2Cc2ccc(N)cc2)c1. The highest BCUT2D eigenvalue weighted by Crippen LogP contribution is 2.28. The van der Waals surface area contributed by atoms with Crippen molar-refractivity contribution in [2.24, 2.45) is 0 Å². The highest BCUT2D eigenvalue weighted by molar-refractivity contribution is 5.81. The molecule has 124 valence electrons. The molecule has 0 saturated heterocycles. The predicted molar refractivity (Wildman–Crippen MR) is 102 cm³/mol. The number of nitrogen functional groups attached to an aromatic ring is 1. The van der Waals surface area contributed by atoms with E-state index in [1.807, 2.05) is 48.5 Å². The van der Waals surface area contributed by atoms with Gasteiger partial charge in [-0.05, 0) is 42.0 Å². The molecule has 0 spiro atoms. The topological polar surface area (TPSA) is 53.1 Å². The number of methoxy groups -OCH3 is 1. The third kappa shape index (κ3) is 2.94. The molecule has 4 heteroatoms. The van der Waals surface area contributed by atoms with E-state index in [0.29, 0.717) is 0 Å². The van der Waals surface area contributed by atoms with Gasteiger partial charge in [-0.15, -0.1) is 0 Å². The van der Waals surface area contributed by atoms with Crippen LogP contribution in [0.15, 0.2) is 72.8 Å². The first kappa shape index (κ1) is 15.3. The van der Waals surface area contributed by atoms with Crippen molar-refractivity contribution in [3.63, 3.8) is 0 Å². The van der Waals surface area contributed by atoms with Crippen LogP contribution in [0.1, 0.15) is 5.56 Å². The molecule has 0 unspecified atom stereocenters. The number of fused-ring (bicyclic) bond motifs is 1. The maximum atomic E-state index is 5.81. The monoisotopic (exact) mass is 329 g/mol. The first-order chi connectivity index (χ1) is 12.2. The predicted octanol–water partition coefficient (Wildman–Crippen LogP) is 4.34.